The first-order valence-electron chi connectivity index (χ1n) is 11.8. The number of rotatable bonds is 7. The molecule has 0 fully saturated rings. The smallest absolute Gasteiger partial charge is 0.338 e. The van der Waals surface area contributed by atoms with Crippen molar-refractivity contribution >= 4 is 28.8 Å². The second kappa shape index (κ2) is 10.5. The highest BCUT2D eigenvalue weighted by atomic mass is 32.2. The number of nitrogens with zero attached hydrogens (tertiary/aromatic N) is 2. The summed E-state index contributed by atoms with van der Waals surface area (Å²) in [6.45, 7) is 10.1. The molecule has 2 heterocycles. The number of allylic oxidation sites excluding steroid dienone is 1. The minimum absolute atomic E-state index is 0.0840. The number of amides is 1. The predicted octanol–water partition coefficient (Wildman–Crippen LogP) is 5.54. The van der Waals surface area contributed by atoms with Crippen LogP contribution in [0.2, 0.25) is 0 Å². The van der Waals surface area contributed by atoms with Crippen molar-refractivity contribution in [1.82, 2.24) is 10.2 Å². The van der Waals surface area contributed by atoms with E-state index in [1.54, 1.807) is 0 Å². The number of carbonyl (C=O) groups excluding carboxylic acids is 2. The van der Waals surface area contributed by atoms with Gasteiger partial charge < -0.3 is 15.0 Å². The molecule has 0 saturated heterocycles. The van der Waals surface area contributed by atoms with Crippen LogP contribution < -0.4 is 5.32 Å². The topological polar surface area (TPSA) is 71.0 Å². The number of nitrogens with one attached hydrogen (secondary N) is 1. The van der Waals surface area contributed by atoms with Gasteiger partial charge in [0.25, 0.3) is 0 Å². The van der Waals surface area contributed by atoms with Crippen LogP contribution >= 0.6 is 11.8 Å². The molecule has 1 amide bonds. The van der Waals surface area contributed by atoms with Crippen LogP contribution in [0.5, 0.6) is 0 Å². The Morgan fingerprint density at radius 3 is 2.57 bits per heavy atom. The Balaban J connectivity index is 1.66. The summed E-state index contributed by atoms with van der Waals surface area (Å²) in [7, 11) is 0. The molecule has 0 bridgehead atoms. The highest BCUT2D eigenvalue weighted by molar-refractivity contribution is 8.16. The first kappa shape index (κ1) is 24.8. The van der Waals surface area contributed by atoms with Crippen molar-refractivity contribution in [1.29, 1.82) is 0 Å². The van der Waals surface area contributed by atoms with E-state index in [2.05, 4.69) is 23.5 Å². The Labute approximate surface area is 211 Å². The average Bonchev–Trinajstić information content (AvgIpc) is 3.20. The molecule has 6 nitrogen and oxygen atoms in total. The van der Waals surface area contributed by atoms with Crippen molar-refractivity contribution in [3.8, 4) is 0 Å². The lowest BCUT2D eigenvalue weighted by Gasteiger charge is -2.37. The Morgan fingerprint density at radius 2 is 1.86 bits per heavy atom. The normalized spacial score (nSPS) is 17.2. The summed E-state index contributed by atoms with van der Waals surface area (Å²) in [6, 6.07) is 15.6. The minimum Gasteiger partial charge on any atom is -0.459 e. The summed E-state index contributed by atoms with van der Waals surface area (Å²) in [6.07, 6.45) is -0.0645. The standard InChI is InChI=1S/C28H31N3O3S/c1-17(2)34-27(33)25-20(5)30-28-31(26(25)23-13-18(3)11-12-19(23)4)22(16-35-28)14-24(32)29-15-21-9-7-6-8-10-21/h6-13,16-17,26H,14-15H2,1-5H3,(H,29,32)/t26-/m0/s1. The fourth-order valence-electron chi connectivity index (χ4n) is 4.28. The number of hydrogen-bond acceptors (Lipinski definition) is 6. The molecule has 35 heavy (non-hydrogen) atoms. The summed E-state index contributed by atoms with van der Waals surface area (Å²) >= 11 is 1.48. The van der Waals surface area contributed by atoms with Crippen LogP contribution in [0.3, 0.4) is 0 Å². The number of hydrogen-bond donors (Lipinski definition) is 1. The zero-order valence-corrected chi connectivity index (χ0v) is 21.6. The van der Waals surface area contributed by atoms with Crippen molar-refractivity contribution in [2.45, 2.75) is 59.7 Å². The Kier molecular flexibility index (Phi) is 7.45. The second-order valence-electron chi connectivity index (χ2n) is 9.15. The number of fused-ring (bicyclic) bond motifs is 1. The highest BCUT2D eigenvalue weighted by Gasteiger charge is 2.41. The Morgan fingerprint density at radius 1 is 1.11 bits per heavy atom. The second-order valence-corrected chi connectivity index (χ2v) is 9.98. The number of ether oxygens (including phenoxy) is 1. The summed E-state index contributed by atoms with van der Waals surface area (Å²) in [5, 5.41) is 5.73. The summed E-state index contributed by atoms with van der Waals surface area (Å²) in [5.41, 5.74) is 6.17. The predicted molar refractivity (Wildman–Crippen MR) is 140 cm³/mol. The van der Waals surface area contributed by atoms with Crippen LogP contribution in [0, 0.1) is 13.8 Å². The number of aryl methyl sites for hydroxylation is 2. The maximum atomic E-state index is 13.3. The van der Waals surface area contributed by atoms with Crippen LogP contribution in [0.25, 0.3) is 0 Å². The molecule has 0 spiro atoms. The third-order valence-corrected chi connectivity index (χ3v) is 6.86. The van der Waals surface area contributed by atoms with E-state index in [4.69, 9.17) is 9.73 Å². The van der Waals surface area contributed by atoms with Crippen LogP contribution in [0.4, 0.5) is 0 Å². The molecule has 2 aromatic rings. The maximum absolute atomic E-state index is 13.3. The molecule has 0 aliphatic carbocycles. The fourth-order valence-corrected chi connectivity index (χ4v) is 5.24. The van der Waals surface area contributed by atoms with E-state index in [0.29, 0.717) is 17.8 Å². The van der Waals surface area contributed by atoms with E-state index >= 15 is 0 Å². The van der Waals surface area contributed by atoms with E-state index in [-0.39, 0.29) is 24.4 Å². The number of amidine groups is 1. The van der Waals surface area contributed by atoms with Gasteiger partial charge in [0.15, 0.2) is 5.17 Å². The molecule has 0 radical (unpaired) electrons. The van der Waals surface area contributed by atoms with E-state index in [0.717, 1.165) is 33.1 Å². The average molecular weight is 490 g/mol. The van der Waals surface area contributed by atoms with Gasteiger partial charge in [-0.3, -0.25) is 4.79 Å². The molecule has 2 aliphatic heterocycles. The molecule has 7 heteroatoms. The van der Waals surface area contributed by atoms with Crippen LogP contribution in [-0.4, -0.2) is 28.0 Å². The first-order chi connectivity index (χ1) is 16.7. The van der Waals surface area contributed by atoms with Gasteiger partial charge in [0, 0.05) is 12.2 Å². The number of esters is 1. The van der Waals surface area contributed by atoms with Gasteiger partial charge in [-0.25, -0.2) is 9.79 Å². The number of benzene rings is 2. The lowest BCUT2D eigenvalue weighted by atomic mass is 9.90. The number of aliphatic imine (C=N–C) groups is 1. The van der Waals surface area contributed by atoms with E-state index in [1.165, 1.54) is 11.8 Å². The third kappa shape index (κ3) is 5.51. The SMILES string of the molecule is CC1=C(C(=O)OC(C)C)[C@H](c2cc(C)ccc2C)N2C(CC(=O)NCc3ccccc3)=CSC2=N1. The summed E-state index contributed by atoms with van der Waals surface area (Å²) in [4.78, 5) is 33.0. The molecular formula is C28H31N3O3S. The van der Waals surface area contributed by atoms with E-state index < -0.39 is 6.04 Å². The molecule has 0 unspecified atom stereocenters. The van der Waals surface area contributed by atoms with Crippen molar-refractivity contribution in [2.75, 3.05) is 0 Å². The van der Waals surface area contributed by atoms with Crippen molar-refractivity contribution in [3.05, 3.63) is 93.2 Å². The zero-order valence-electron chi connectivity index (χ0n) is 20.8. The summed E-state index contributed by atoms with van der Waals surface area (Å²) in [5.74, 6) is -0.463. The van der Waals surface area contributed by atoms with Gasteiger partial charge in [-0.15, -0.1) is 0 Å². The minimum atomic E-state index is -0.420. The third-order valence-electron chi connectivity index (χ3n) is 5.97. The van der Waals surface area contributed by atoms with Gasteiger partial charge in [0.2, 0.25) is 5.91 Å². The van der Waals surface area contributed by atoms with Gasteiger partial charge in [-0.2, -0.15) is 0 Å². The fraction of sp³-hybridized carbons (Fsp3) is 0.321. The van der Waals surface area contributed by atoms with Gasteiger partial charge in [0.05, 0.1) is 29.8 Å². The quantitative estimate of drug-likeness (QED) is 0.518. The largest absolute Gasteiger partial charge is 0.459 e. The molecule has 182 valence electrons. The molecule has 1 N–H and O–H groups in total. The van der Waals surface area contributed by atoms with Crippen LogP contribution in [0.1, 0.15) is 55.5 Å². The molecule has 2 aliphatic rings. The van der Waals surface area contributed by atoms with Crippen molar-refractivity contribution in [2.24, 2.45) is 4.99 Å². The highest BCUT2D eigenvalue weighted by Crippen LogP contribution is 2.45. The van der Waals surface area contributed by atoms with Crippen molar-refractivity contribution < 1.29 is 14.3 Å². The van der Waals surface area contributed by atoms with Gasteiger partial charge in [-0.05, 0) is 56.7 Å². The van der Waals surface area contributed by atoms with Gasteiger partial charge in [-0.1, -0.05) is 65.9 Å². The monoisotopic (exact) mass is 489 g/mol. The van der Waals surface area contributed by atoms with Gasteiger partial charge >= 0.3 is 5.97 Å². The molecule has 4 rings (SSSR count). The zero-order chi connectivity index (χ0) is 25.1. The maximum Gasteiger partial charge on any atom is 0.338 e. The molecule has 0 aromatic heterocycles. The van der Waals surface area contributed by atoms with Crippen molar-refractivity contribution in [3.63, 3.8) is 0 Å². The number of carbonyl (C=O) groups is 2. The molecule has 1 atom stereocenters. The van der Waals surface area contributed by atoms with Gasteiger partial charge in [0.1, 0.15) is 0 Å². The van der Waals surface area contributed by atoms with Crippen LogP contribution in [0.15, 0.2) is 75.9 Å². The Bertz CT molecular complexity index is 1230. The van der Waals surface area contributed by atoms with E-state index in [1.807, 2.05) is 75.3 Å². The summed E-state index contributed by atoms with van der Waals surface area (Å²) < 4.78 is 5.64. The lowest BCUT2D eigenvalue weighted by Crippen LogP contribution is -2.38. The lowest BCUT2D eigenvalue weighted by molar-refractivity contribution is -0.143. The number of thioether (sulfide) groups is 1. The van der Waals surface area contributed by atoms with Crippen LogP contribution in [-0.2, 0) is 20.9 Å². The first-order valence-corrected chi connectivity index (χ1v) is 12.7. The van der Waals surface area contributed by atoms with E-state index in [9.17, 15) is 9.59 Å². The molecular weight excluding hydrogens is 458 g/mol. The molecule has 0 saturated carbocycles. The molecule has 2 aromatic carbocycles. The Hall–Kier alpha value is -3.32.